The van der Waals surface area contributed by atoms with Gasteiger partial charge in [-0.15, -0.1) is 0 Å². The Balaban J connectivity index is 0.754. The third kappa shape index (κ3) is 21.3. The van der Waals surface area contributed by atoms with E-state index in [0.717, 1.165) is 156 Å². The summed E-state index contributed by atoms with van der Waals surface area (Å²) in [5, 5.41) is 3.82. The minimum absolute atomic E-state index is 0.0596. The molecule has 10 rings (SSSR count). The van der Waals surface area contributed by atoms with E-state index >= 15 is 0 Å². The van der Waals surface area contributed by atoms with E-state index in [-0.39, 0.29) is 54.9 Å². The van der Waals surface area contributed by atoms with Crippen LogP contribution in [0.3, 0.4) is 0 Å². The van der Waals surface area contributed by atoms with Crippen LogP contribution in [0.25, 0.3) is 54.7 Å². The Labute approximate surface area is 573 Å². The molecule has 0 N–H and O–H groups in total. The molecule has 3 aliphatic rings. The molecule has 7 aromatic rings. The second kappa shape index (κ2) is 37.4. The zero-order chi connectivity index (χ0) is 68.3. The van der Waals surface area contributed by atoms with Gasteiger partial charge in [0.15, 0.2) is 0 Å². The number of allylic oxidation sites excluding steroid dienone is 2. The number of carbonyl (C=O) groups is 5. The second-order valence-corrected chi connectivity index (χ2v) is 25.1. The highest BCUT2D eigenvalue weighted by Gasteiger charge is 2.30. The maximum absolute atomic E-state index is 13.4. The van der Waals surface area contributed by atoms with E-state index in [0.29, 0.717) is 95.1 Å². The zero-order valence-corrected chi connectivity index (χ0v) is 56.2. The van der Waals surface area contributed by atoms with Gasteiger partial charge in [-0.1, -0.05) is 49.9 Å². The van der Waals surface area contributed by atoms with E-state index in [9.17, 15) is 24.0 Å². The molecule has 98 heavy (non-hydrogen) atoms. The van der Waals surface area contributed by atoms with Gasteiger partial charge in [0.1, 0.15) is 47.7 Å². The minimum atomic E-state index is -0.402. The maximum Gasteiger partial charge on any atom is 0.330 e. The molecule has 0 amide bonds. The molecular formula is C80H90N2O16. The number of hydrogen-bond acceptors (Lipinski definition) is 18. The third-order valence-electron chi connectivity index (χ3n) is 18.0. The first-order valence-electron chi connectivity index (χ1n) is 34.7. The van der Waals surface area contributed by atoms with E-state index in [1.165, 1.54) is 18.2 Å². The maximum atomic E-state index is 13.4. The van der Waals surface area contributed by atoms with Crippen molar-refractivity contribution in [2.75, 3.05) is 66.1 Å². The highest BCUT2D eigenvalue weighted by molar-refractivity contribution is 6.24. The number of ether oxygens (including phenoxy) is 11. The van der Waals surface area contributed by atoms with Gasteiger partial charge in [0, 0.05) is 35.6 Å². The van der Waals surface area contributed by atoms with Crippen LogP contribution in [0.5, 0.6) is 28.7 Å². The van der Waals surface area contributed by atoms with E-state index in [2.05, 4.69) is 43.5 Å². The topological polar surface area (TPSA) is 213 Å². The molecule has 18 nitrogen and oxygen atoms in total. The fourth-order valence-corrected chi connectivity index (χ4v) is 12.5. The van der Waals surface area contributed by atoms with Crippen molar-refractivity contribution < 1.29 is 76.1 Å². The smallest absolute Gasteiger partial charge is 0.330 e. The van der Waals surface area contributed by atoms with Crippen LogP contribution in [0, 0.1) is 23.7 Å². The number of esters is 5. The first kappa shape index (κ1) is 71.4. The highest BCUT2D eigenvalue weighted by Crippen LogP contribution is 2.40. The van der Waals surface area contributed by atoms with Crippen LogP contribution >= 0.6 is 0 Å². The first-order valence-corrected chi connectivity index (χ1v) is 34.7. The number of rotatable bonds is 37. The minimum Gasteiger partial charge on any atom is -0.494 e. The lowest BCUT2D eigenvalue weighted by Crippen LogP contribution is -2.27. The lowest BCUT2D eigenvalue weighted by Gasteiger charge is -2.27. The lowest BCUT2D eigenvalue weighted by atomic mass is 9.82. The molecule has 0 spiro atoms. The molecule has 0 radical (unpaired) electrons. The molecule has 2 fully saturated rings. The molecule has 0 bridgehead atoms. The summed E-state index contributed by atoms with van der Waals surface area (Å²) in [6, 6.07) is 33.6. The third-order valence-corrected chi connectivity index (χ3v) is 18.0. The summed E-state index contributed by atoms with van der Waals surface area (Å²) in [4.78, 5) is 71.6. The summed E-state index contributed by atoms with van der Waals surface area (Å²) in [5.74, 6) is 2.43. The SMILES string of the molecule is C=CC(=O)OCCCCCCOc1ccc(OC(=O)C2CCC(COc3ccc4c5ccc(OCC6CCC(C(=O)OC7=CCC(OCCCCCCOC(=O)C=C)C=C7)CC6)cc5c5nc6ccc(-c7cccc(OCCOCCOC(=O)/C=C/C)c7)cc6nc5c4c3)CC2)cc1. The number of hydrogen-bond donors (Lipinski definition) is 0. The Morgan fingerprint density at radius 1 is 0.469 bits per heavy atom. The molecule has 516 valence electrons. The molecule has 6 aromatic carbocycles. The number of fused-ring (bicyclic) bond motifs is 7. The van der Waals surface area contributed by atoms with Crippen molar-refractivity contribution in [2.45, 2.75) is 122 Å². The van der Waals surface area contributed by atoms with Crippen LogP contribution in [-0.4, -0.2) is 112 Å². The van der Waals surface area contributed by atoms with Crippen molar-refractivity contribution in [3.8, 4) is 39.9 Å². The van der Waals surface area contributed by atoms with Gasteiger partial charge in [-0.05, 0) is 240 Å². The predicted molar refractivity (Wildman–Crippen MR) is 376 cm³/mol. The fourth-order valence-electron chi connectivity index (χ4n) is 12.5. The molecule has 2 saturated carbocycles. The summed E-state index contributed by atoms with van der Waals surface area (Å²) >= 11 is 0. The standard InChI is InChI=1S/C80H90N2O16/c1-4-16-76(85)94-48-46-88-45-47-91-65-18-15-17-59(49-65)60-27-40-72-73(50-60)82-78-71-52-67(96-54-56-21-25-58(26-22-56)80(87)98-64-34-30-62(31-35-64)90-42-12-8-10-14-44-93-75(84)6-3)37-39-69(71)68-38-36-66(51-70(68)77(78)81-72)95-53-55-19-23-57(24-20-55)79(86)97-63-32-28-61(29-33-63)89-41-11-7-9-13-43-92-74(83)5-2/h4-6,15-18,27-28,30-40,49-52,55-58,61H,2-3,7-14,19-26,29,41-48,53-54H2,1H3/b16-4+. The van der Waals surface area contributed by atoms with Crippen LogP contribution in [-0.2, 0) is 52.4 Å². The van der Waals surface area contributed by atoms with E-state index in [4.69, 9.17) is 62.1 Å². The Bertz CT molecular complexity index is 3950. The van der Waals surface area contributed by atoms with E-state index in [1.807, 2.05) is 78.9 Å². The number of carbonyl (C=O) groups excluding carboxylic acids is 5. The average Bonchev–Trinajstić information content (AvgIpc) is 0.732. The predicted octanol–water partition coefficient (Wildman–Crippen LogP) is 16.0. The van der Waals surface area contributed by atoms with E-state index < -0.39 is 17.9 Å². The number of aromatic nitrogens is 2. The molecule has 0 aliphatic heterocycles. The van der Waals surface area contributed by atoms with E-state index in [1.54, 1.807) is 25.1 Å². The van der Waals surface area contributed by atoms with Crippen LogP contribution in [0.2, 0.25) is 0 Å². The zero-order valence-electron chi connectivity index (χ0n) is 56.2. The van der Waals surface area contributed by atoms with Crippen molar-refractivity contribution in [2.24, 2.45) is 23.7 Å². The Morgan fingerprint density at radius 3 is 1.60 bits per heavy atom. The molecule has 1 heterocycles. The summed E-state index contributed by atoms with van der Waals surface area (Å²) in [5.41, 5.74) is 4.81. The van der Waals surface area contributed by atoms with Crippen molar-refractivity contribution in [1.82, 2.24) is 9.97 Å². The van der Waals surface area contributed by atoms with Crippen molar-refractivity contribution >= 4 is 73.5 Å². The van der Waals surface area contributed by atoms with Gasteiger partial charge in [0.2, 0.25) is 0 Å². The number of unbranched alkanes of at least 4 members (excludes halogenated alkanes) is 6. The molecule has 18 heteroatoms. The summed E-state index contributed by atoms with van der Waals surface area (Å²) < 4.78 is 63.8. The van der Waals surface area contributed by atoms with Crippen molar-refractivity contribution in [3.05, 3.63) is 165 Å². The van der Waals surface area contributed by atoms with Crippen molar-refractivity contribution in [1.29, 1.82) is 0 Å². The summed E-state index contributed by atoms with van der Waals surface area (Å²) in [7, 11) is 0. The van der Waals surface area contributed by atoms with Crippen LogP contribution in [0.1, 0.15) is 116 Å². The second-order valence-electron chi connectivity index (χ2n) is 25.1. The van der Waals surface area contributed by atoms with Gasteiger partial charge >= 0.3 is 29.8 Å². The lowest BCUT2D eigenvalue weighted by molar-refractivity contribution is -0.145. The van der Waals surface area contributed by atoms with Crippen LogP contribution in [0.4, 0.5) is 0 Å². The monoisotopic (exact) mass is 1330 g/mol. The number of nitrogens with zero attached hydrogens (tertiary/aromatic N) is 2. The van der Waals surface area contributed by atoms with Gasteiger partial charge in [-0.2, -0.15) is 0 Å². The van der Waals surface area contributed by atoms with Crippen molar-refractivity contribution in [3.63, 3.8) is 0 Å². The van der Waals surface area contributed by atoms with Gasteiger partial charge in [-0.25, -0.2) is 24.4 Å². The Morgan fingerprint density at radius 2 is 1.00 bits per heavy atom. The number of benzene rings is 6. The normalized spacial score (nSPS) is 17.6. The summed E-state index contributed by atoms with van der Waals surface area (Å²) in [6.07, 6.45) is 25.1. The van der Waals surface area contributed by atoms with Crippen LogP contribution in [0.15, 0.2) is 165 Å². The largest absolute Gasteiger partial charge is 0.494 e. The molecule has 1 aromatic heterocycles. The first-order chi connectivity index (χ1) is 48.0. The molecule has 0 saturated heterocycles. The molecular weight excluding hydrogens is 1240 g/mol. The van der Waals surface area contributed by atoms with Gasteiger partial charge in [0.25, 0.3) is 0 Å². The Kier molecular flexibility index (Phi) is 27.2. The fraction of sp³-hybridized carbons (Fsp3) is 0.412. The van der Waals surface area contributed by atoms with Gasteiger partial charge < -0.3 is 52.1 Å². The summed E-state index contributed by atoms with van der Waals surface area (Å²) in [6.45, 7) is 12.6. The quantitative estimate of drug-likeness (QED) is 0.00673. The van der Waals surface area contributed by atoms with Gasteiger partial charge in [0.05, 0.1) is 86.3 Å². The molecule has 1 unspecified atom stereocenters. The Hall–Kier alpha value is -9.39. The molecule has 3 aliphatic carbocycles. The highest BCUT2D eigenvalue weighted by atomic mass is 16.6. The van der Waals surface area contributed by atoms with Gasteiger partial charge in [-0.3, -0.25) is 9.59 Å². The van der Waals surface area contributed by atoms with Crippen LogP contribution < -0.4 is 23.7 Å². The average molecular weight is 1340 g/mol. The molecule has 1 atom stereocenters.